The zero-order chi connectivity index (χ0) is 18.1. The molecule has 0 fully saturated rings. The largest absolute Gasteiger partial charge is 0.497 e. The van der Waals surface area contributed by atoms with Gasteiger partial charge in [-0.25, -0.2) is 0 Å². The quantitative estimate of drug-likeness (QED) is 0.490. The van der Waals surface area contributed by atoms with Crippen LogP contribution in [0.1, 0.15) is 18.9 Å². The lowest BCUT2D eigenvalue weighted by Crippen LogP contribution is -2.39. The van der Waals surface area contributed by atoms with Gasteiger partial charge in [0.05, 0.1) is 32.1 Å². The Balaban J connectivity index is 1.79. The number of benzene rings is 1. The molecule has 1 aliphatic heterocycles. The number of oxime groups is 1. The SMILES string of the molecule is C=CCOC[C@H](O)CN(CC)C[C@@H]1CC(c2ccc(OC)cc2)=NO1. The van der Waals surface area contributed by atoms with Crippen LogP contribution in [-0.2, 0) is 9.57 Å². The van der Waals surface area contributed by atoms with Crippen molar-refractivity contribution in [1.82, 2.24) is 4.90 Å². The summed E-state index contributed by atoms with van der Waals surface area (Å²) in [5, 5.41) is 14.3. The van der Waals surface area contributed by atoms with Crippen molar-refractivity contribution in [2.24, 2.45) is 5.16 Å². The molecule has 2 rings (SSSR count). The van der Waals surface area contributed by atoms with Gasteiger partial charge in [0.25, 0.3) is 0 Å². The number of aliphatic hydroxyl groups excluding tert-OH is 1. The van der Waals surface area contributed by atoms with Crippen LogP contribution in [-0.4, -0.2) is 67.9 Å². The van der Waals surface area contributed by atoms with Crippen LogP contribution in [0.25, 0.3) is 0 Å². The van der Waals surface area contributed by atoms with Gasteiger partial charge < -0.3 is 19.4 Å². The van der Waals surface area contributed by atoms with Gasteiger partial charge in [0.2, 0.25) is 0 Å². The highest BCUT2D eigenvalue weighted by atomic mass is 16.6. The molecule has 0 radical (unpaired) electrons. The topological polar surface area (TPSA) is 63.5 Å². The maximum atomic E-state index is 10.0. The van der Waals surface area contributed by atoms with E-state index in [1.807, 2.05) is 24.3 Å². The standard InChI is InChI=1S/C19H28N2O4/c1-4-10-24-14-16(22)12-21(5-2)13-18-11-19(20-25-18)15-6-8-17(23-3)9-7-15/h4,6-9,16,18,22H,1,5,10-14H2,2-3H3/t16-,18+/m1/s1. The monoisotopic (exact) mass is 348 g/mol. The fraction of sp³-hybridized carbons (Fsp3) is 0.526. The normalized spacial score (nSPS) is 17.9. The molecule has 1 N–H and O–H groups in total. The average molecular weight is 348 g/mol. The lowest BCUT2D eigenvalue weighted by atomic mass is 10.0. The molecule has 2 atom stereocenters. The van der Waals surface area contributed by atoms with Gasteiger partial charge in [0, 0.05) is 19.5 Å². The van der Waals surface area contributed by atoms with Gasteiger partial charge in [-0.3, -0.25) is 4.90 Å². The minimum Gasteiger partial charge on any atom is -0.497 e. The van der Waals surface area contributed by atoms with Crippen LogP contribution in [0.5, 0.6) is 5.75 Å². The molecule has 0 amide bonds. The first-order valence-corrected chi connectivity index (χ1v) is 8.62. The first-order valence-electron chi connectivity index (χ1n) is 8.62. The molecule has 0 aliphatic carbocycles. The van der Waals surface area contributed by atoms with Gasteiger partial charge in [0.1, 0.15) is 11.9 Å². The van der Waals surface area contributed by atoms with Crippen molar-refractivity contribution in [2.75, 3.05) is 40.0 Å². The molecule has 138 valence electrons. The first kappa shape index (κ1) is 19.4. The molecule has 0 bridgehead atoms. The molecule has 25 heavy (non-hydrogen) atoms. The van der Waals surface area contributed by atoms with E-state index in [2.05, 4.69) is 23.6 Å². The number of aliphatic hydroxyl groups is 1. The van der Waals surface area contributed by atoms with E-state index in [0.29, 0.717) is 19.8 Å². The molecule has 0 saturated carbocycles. The summed E-state index contributed by atoms with van der Waals surface area (Å²) >= 11 is 0. The molecular formula is C19H28N2O4. The van der Waals surface area contributed by atoms with Crippen molar-refractivity contribution in [3.8, 4) is 5.75 Å². The maximum Gasteiger partial charge on any atom is 0.145 e. The maximum absolute atomic E-state index is 10.0. The number of hydrogen-bond acceptors (Lipinski definition) is 6. The van der Waals surface area contributed by atoms with E-state index >= 15 is 0 Å². The van der Waals surface area contributed by atoms with Crippen LogP contribution in [0.3, 0.4) is 0 Å². The van der Waals surface area contributed by atoms with E-state index in [1.54, 1.807) is 13.2 Å². The summed E-state index contributed by atoms with van der Waals surface area (Å²) < 4.78 is 10.5. The highest BCUT2D eigenvalue weighted by Gasteiger charge is 2.25. The van der Waals surface area contributed by atoms with Gasteiger partial charge in [-0.1, -0.05) is 18.2 Å². The molecule has 1 aromatic carbocycles. The first-order chi connectivity index (χ1) is 12.2. The summed E-state index contributed by atoms with van der Waals surface area (Å²) in [6, 6.07) is 7.82. The number of likely N-dealkylation sites (N-methyl/N-ethyl adjacent to an activating group) is 1. The number of rotatable bonds is 11. The summed E-state index contributed by atoms with van der Waals surface area (Å²) in [7, 11) is 1.65. The Morgan fingerprint density at radius 1 is 1.44 bits per heavy atom. The highest BCUT2D eigenvalue weighted by Crippen LogP contribution is 2.20. The Bertz CT molecular complexity index is 559. The zero-order valence-electron chi connectivity index (χ0n) is 15.1. The zero-order valence-corrected chi connectivity index (χ0v) is 15.1. The van der Waals surface area contributed by atoms with Gasteiger partial charge in [-0.2, -0.15) is 0 Å². The van der Waals surface area contributed by atoms with E-state index in [-0.39, 0.29) is 6.10 Å². The fourth-order valence-corrected chi connectivity index (χ4v) is 2.74. The Morgan fingerprint density at radius 3 is 2.84 bits per heavy atom. The van der Waals surface area contributed by atoms with Crippen LogP contribution in [0, 0.1) is 0 Å². The molecule has 0 unspecified atom stereocenters. The predicted octanol–water partition coefficient (Wildman–Crippen LogP) is 2.07. The average Bonchev–Trinajstić information content (AvgIpc) is 3.10. The minimum absolute atomic E-state index is 0.00153. The second-order valence-electron chi connectivity index (χ2n) is 6.03. The van der Waals surface area contributed by atoms with Gasteiger partial charge >= 0.3 is 0 Å². The summed E-state index contributed by atoms with van der Waals surface area (Å²) in [5.41, 5.74) is 1.99. The Labute approximate surface area is 149 Å². The number of ether oxygens (including phenoxy) is 2. The molecule has 0 saturated heterocycles. The Morgan fingerprint density at radius 2 is 2.20 bits per heavy atom. The third-order valence-corrected chi connectivity index (χ3v) is 4.08. The molecule has 0 aromatic heterocycles. The van der Waals surface area contributed by atoms with E-state index in [0.717, 1.165) is 36.5 Å². The van der Waals surface area contributed by atoms with E-state index < -0.39 is 6.10 Å². The molecule has 6 nitrogen and oxygen atoms in total. The molecule has 1 aromatic rings. The number of methoxy groups -OCH3 is 1. The van der Waals surface area contributed by atoms with Gasteiger partial charge in [-0.15, -0.1) is 6.58 Å². The van der Waals surface area contributed by atoms with E-state index in [4.69, 9.17) is 14.3 Å². The van der Waals surface area contributed by atoms with Gasteiger partial charge in [-0.05, 0) is 36.4 Å². The van der Waals surface area contributed by atoms with Crippen molar-refractivity contribution in [1.29, 1.82) is 0 Å². The van der Waals surface area contributed by atoms with Crippen LogP contribution in [0.2, 0.25) is 0 Å². The second kappa shape index (κ2) is 10.2. The molecule has 1 aliphatic rings. The summed E-state index contributed by atoms with van der Waals surface area (Å²) in [6.45, 7) is 8.52. The van der Waals surface area contributed by atoms with Crippen LogP contribution >= 0.6 is 0 Å². The number of nitrogens with zero attached hydrogens (tertiary/aromatic N) is 2. The molecule has 6 heteroatoms. The summed E-state index contributed by atoms with van der Waals surface area (Å²) in [6.07, 6.45) is 1.90. The van der Waals surface area contributed by atoms with Crippen molar-refractivity contribution < 1.29 is 19.4 Å². The molecule has 0 spiro atoms. The smallest absolute Gasteiger partial charge is 0.145 e. The third kappa shape index (κ3) is 6.16. The predicted molar refractivity (Wildman–Crippen MR) is 98.2 cm³/mol. The van der Waals surface area contributed by atoms with Crippen molar-refractivity contribution in [3.63, 3.8) is 0 Å². The van der Waals surface area contributed by atoms with Gasteiger partial charge in [0.15, 0.2) is 0 Å². The van der Waals surface area contributed by atoms with Crippen molar-refractivity contribution in [2.45, 2.75) is 25.6 Å². The Hall–Kier alpha value is -1.89. The van der Waals surface area contributed by atoms with Crippen molar-refractivity contribution in [3.05, 3.63) is 42.5 Å². The fourth-order valence-electron chi connectivity index (χ4n) is 2.74. The lowest BCUT2D eigenvalue weighted by molar-refractivity contribution is 0.00720. The summed E-state index contributed by atoms with van der Waals surface area (Å²) in [4.78, 5) is 7.73. The van der Waals surface area contributed by atoms with E-state index in [1.165, 1.54) is 0 Å². The highest BCUT2D eigenvalue weighted by molar-refractivity contribution is 6.01. The lowest BCUT2D eigenvalue weighted by Gasteiger charge is -2.25. The van der Waals surface area contributed by atoms with E-state index in [9.17, 15) is 5.11 Å². The number of hydrogen-bond donors (Lipinski definition) is 1. The van der Waals surface area contributed by atoms with Crippen LogP contribution < -0.4 is 4.74 Å². The second-order valence-corrected chi connectivity index (χ2v) is 6.03. The summed E-state index contributed by atoms with van der Waals surface area (Å²) in [5.74, 6) is 0.824. The third-order valence-electron chi connectivity index (χ3n) is 4.08. The van der Waals surface area contributed by atoms with Crippen molar-refractivity contribution >= 4 is 5.71 Å². The van der Waals surface area contributed by atoms with Crippen LogP contribution in [0.15, 0.2) is 42.1 Å². The molecule has 1 heterocycles. The Kier molecular flexibility index (Phi) is 7.91. The molecular weight excluding hydrogens is 320 g/mol. The van der Waals surface area contributed by atoms with Crippen LogP contribution in [0.4, 0.5) is 0 Å². The minimum atomic E-state index is -0.525.